The minimum absolute atomic E-state index is 0.356. The third-order valence-corrected chi connectivity index (χ3v) is 1.70. The van der Waals surface area contributed by atoms with Crippen LogP contribution in [0.2, 0.25) is 0 Å². The summed E-state index contributed by atoms with van der Waals surface area (Å²) in [6.07, 6.45) is 1.63. The lowest BCUT2D eigenvalue weighted by atomic mass is 10.3. The van der Waals surface area contributed by atoms with Gasteiger partial charge in [0.15, 0.2) is 0 Å². The van der Waals surface area contributed by atoms with Crippen molar-refractivity contribution in [3.8, 4) is 0 Å². The predicted octanol–water partition coefficient (Wildman–Crippen LogP) is 4.46. The molecule has 0 bridgehead atoms. The molecule has 0 saturated heterocycles. The second-order valence-electron chi connectivity index (χ2n) is 1.61. The molecule has 0 aliphatic carbocycles. The summed E-state index contributed by atoms with van der Waals surface area (Å²) in [6, 6.07) is 0. The Morgan fingerprint density at radius 3 is 1.73 bits per heavy atom. The summed E-state index contributed by atoms with van der Waals surface area (Å²) < 4.78 is 0. The van der Waals surface area contributed by atoms with Gasteiger partial charge in [-0.3, -0.25) is 0 Å². The molecule has 0 aromatic rings. The number of hydrogen-bond acceptors (Lipinski definition) is 0. The normalized spacial score (nSPS) is 10.6. The van der Waals surface area contributed by atoms with Gasteiger partial charge in [0, 0.05) is 0 Å². The first-order valence-electron chi connectivity index (χ1n) is 3.43. The van der Waals surface area contributed by atoms with Crippen molar-refractivity contribution in [2.24, 2.45) is 0 Å². The molecule has 0 spiro atoms. The molecule has 0 nitrogen and oxygen atoms in total. The molecular weight excluding hydrogens is 179 g/mol. The highest BCUT2D eigenvalue weighted by Gasteiger charge is 1.96. The van der Waals surface area contributed by atoms with E-state index < -0.39 is 0 Å². The highest BCUT2D eigenvalue weighted by atomic mass is 35.5. The molecule has 0 saturated carbocycles. The number of halogens is 2. The molecule has 64 valence electrons. The van der Waals surface area contributed by atoms with Crippen molar-refractivity contribution in [1.29, 1.82) is 0 Å². The number of allylic oxidation sites excluding steroid dienone is 4. The van der Waals surface area contributed by atoms with E-state index in [1.165, 1.54) is 0 Å². The molecular formula is C9H14Cl2. The molecule has 0 radical (unpaired) electrons. The van der Waals surface area contributed by atoms with Gasteiger partial charge in [-0.1, -0.05) is 56.3 Å². The van der Waals surface area contributed by atoms with Crippen LogP contribution in [0.4, 0.5) is 0 Å². The monoisotopic (exact) mass is 192 g/mol. The van der Waals surface area contributed by atoms with Gasteiger partial charge in [0.1, 0.15) is 0 Å². The Morgan fingerprint density at radius 1 is 1.27 bits per heavy atom. The molecule has 0 unspecified atom stereocenters. The molecule has 0 aromatic heterocycles. The Balaban J connectivity index is 0. The van der Waals surface area contributed by atoms with Crippen LogP contribution in [0.5, 0.6) is 0 Å². The molecule has 0 amide bonds. The zero-order valence-corrected chi connectivity index (χ0v) is 8.76. The van der Waals surface area contributed by atoms with Crippen molar-refractivity contribution in [3.05, 3.63) is 34.9 Å². The SMILES string of the molecule is C=C/C(C)=C(\Cl)C(=C)Cl.CC. The van der Waals surface area contributed by atoms with E-state index in [4.69, 9.17) is 23.2 Å². The van der Waals surface area contributed by atoms with Crippen LogP contribution in [0.15, 0.2) is 34.9 Å². The van der Waals surface area contributed by atoms with Gasteiger partial charge in [0.05, 0.1) is 10.1 Å². The van der Waals surface area contributed by atoms with E-state index in [0.717, 1.165) is 5.57 Å². The molecule has 0 N–H and O–H groups in total. The smallest absolute Gasteiger partial charge is 0.0615 e. The Bertz CT molecular complexity index is 166. The van der Waals surface area contributed by atoms with Crippen molar-refractivity contribution >= 4 is 23.2 Å². The van der Waals surface area contributed by atoms with Crippen LogP contribution in [0, 0.1) is 0 Å². The molecule has 0 atom stereocenters. The largest absolute Gasteiger partial charge is 0.0987 e. The van der Waals surface area contributed by atoms with Crippen LogP contribution in [-0.4, -0.2) is 0 Å². The van der Waals surface area contributed by atoms with Gasteiger partial charge >= 0.3 is 0 Å². The number of hydrogen-bond donors (Lipinski definition) is 0. The van der Waals surface area contributed by atoms with Crippen LogP contribution in [0.3, 0.4) is 0 Å². The molecule has 0 aliphatic heterocycles. The van der Waals surface area contributed by atoms with Gasteiger partial charge in [-0.15, -0.1) is 0 Å². The first kappa shape index (κ1) is 13.4. The molecule has 2 heteroatoms. The van der Waals surface area contributed by atoms with Crippen LogP contribution in [-0.2, 0) is 0 Å². The minimum atomic E-state index is 0.356. The van der Waals surface area contributed by atoms with Crippen molar-refractivity contribution in [1.82, 2.24) is 0 Å². The Morgan fingerprint density at radius 2 is 1.64 bits per heavy atom. The van der Waals surface area contributed by atoms with Gasteiger partial charge in [-0.2, -0.15) is 0 Å². The average Bonchev–Trinajstić information content (AvgIpc) is 2.05. The quantitative estimate of drug-likeness (QED) is 0.567. The fourth-order valence-electron chi connectivity index (χ4n) is 0.304. The van der Waals surface area contributed by atoms with E-state index >= 15 is 0 Å². The highest BCUT2D eigenvalue weighted by molar-refractivity contribution is 6.44. The Hall–Kier alpha value is -0.200. The van der Waals surface area contributed by atoms with E-state index in [1.807, 2.05) is 20.8 Å². The van der Waals surface area contributed by atoms with Crippen LogP contribution in [0.1, 0.15) is 20.8 Å². The van der Waals surface area contributed by atoms with Gasteiger partial charge in [-0.25, -0.2) is 0 Å². The Kier molecular flexibility index (Phi) is 9.62. The predicted molar refractivity (Wildman–Crippen MR) is 55.1 cm³/mol. The van der Waals surface area contributed by atoms with E-state index in [1.54, 1.807) is 6.08 Å². The number of rotatable bonds is 2. The van der Waals surface area contributed by atoms with Crippen LogP contribution < -0.4 is 0 Å². The van der Waals surface area contributed by atoms with E-state index in [2.05, 4.69) is 13.2 Å². The average molecular weight is 193 g/mol. The maximum atomic E-state index is 5.64. The lowest BCUT2D eigenvalue weighted by Gasteiger charge is -1.95. The van der Waals surface area contributed by atoms with Gasteiger partial charge in [-0.05, 0) is 12.5 Å². The highest BCUT2D eigenvalue weighted by Crippen LogP contribution is 2.20. The molecule has 11 heavy (non-hydrogen) atoms. The Labute approximate surface area is 79.2 Å². The first-order valence-corrected chi connectivity index (χ1v) is 4.18. The van der Waals surface area contributed by atoms with E-state index in [-0.39, 0.29) is 0 Å². The topological polar surface area (TPSA) is 0 Å². The van der Waals surface area contributed by atoms with Crippen molar-refractivity contribution in [2.45, 2.75) is 20.8 Å². The lowest BCUT2D eigenvalue weighted by molar-refractivity contribution is 1.50. The maximum absolute atomic E-state index is 5.64. The summed E-state index contributed by atoms with van der Waals surface area (Å²) in [6.45, 7) is 12.8. The van der Waals surface area contributed by atoms with Gasteiger partial charge in [0.25, 0.3) is 0 Å². The molecule has 0 rings (SSSR count). The second kappa shape index (κ2) is 7.90. The third kappa shape index (κ3) is 6.21. The fraction of sp³-hybridized carbons (Fsp3) is 0.333. The summed E-state index contributed by atoms with van der Waals surface area (Å²) in [4.78, 5) is 0. The fourth-order valence-corrected chi connectivity index (χ4v) is 0.530. The summed E-state index contributed by atoms with van der Waals surface area (Å²) in [7, 11) is 0. The summed E-state index contributed by atoms with van der Waals surface area (Å²) in [5.41, 5.74) is 0.844. The van der Waals surface area contributed by atoms with Crippen LogP contribution >= 0.6 is 23.2 Å². The van der Waals surface area contributed by atoms with Gasteiger partial charge < -0.3 is 0 Å². The molecule has 0 fully saturated rings. The van der Waals surface area contributed by atoms with Crippen molar-refractivity contribution in [3.63, 3.8) is 0 Å². The van der Waals surface area contributed by atoms with Crippen LogP contribution in [0.25, 0.3) is 0 Å². The van der Waals surface area contributed by atoms with E-state index in [0.29, 0.717) is 10.1 Å². The summed E-state index contributed by atoms with van der Waals surface area (Å²) in [5, 5.41) is 0.834. The second-order valence-corrected chi connectivity index (χ2v) is 2.44. The maximum Gasteiger partial charge on any atom is 0.0615 e. The third-order valence-electron chi connectivity index (χ3n) is 0.891. The van der Waals surface area contributed by atoms with Crippen molar-refractivity contribution in [2.75, 3.05) is 0 Å². The van der Waals surface area contributed by atoms with E-state index in [9.17, 15) is 0 Å². The lowest BCUT2D eigenvalue weighted by Crippen LogP contribution is -1.74. The zero-order valence-electron chi connectivity index (χ0n) is 7.25. The van der Waals surface area contributed by atoms with Gasteiger partial charge in [0.2, 0.25) is 0 Å². The zero-order chi connectivity index (χ0) is 9.44. The molecule has 0 aliphatic rings. The summed E-state index contributed by atoms with van der Waals surface area (Å²) in [5.74, 6) is 0. The molecule has 0 heterocycles. The standard InChI is InChI=1S/C7H8Cl2.C2H6/c1-4-5(2)7(9)6(3)8;1-2/h4H,1,3H2,2H3;1-2H3/b7-5-;. The first-order chi connectivity index (χ1) is 5.09. The summed E-state index contributed by atoms with van der Waals surface area (Å²) >= 11 is 11.1. The minimum Gasteiger partial charge on any atom is -0.0987 e. The van der Waals surface area contributed by atoms with Crippen molar-refractivity contribution < 1.29 is 0 Å². The molecule has 0 aromatic carbocycles.